The smallest absolute Gasteiger partial charge is 0.165 e. The van der Waals surface area contributed by atoms with Crippen molar-refractivity contribution in [3.63, 3.8) is 0 Å². The quantitative estimate of drug-likeness (QED) is 0.866. The third-order valence-corrected chi connectivity index (χ3v) is 2.43. The number of rotatable bonds is 5. The zero-order chi connectivity index (χ0) is 13.8. The van der Waals surface area contributed by atoms with Gasteiger partial charge in [0.15, 0.2) is 11.6 Å². The molecule has 1 N–H and O–H groups in total. The minimum atomic E-state index is -0.281. The lowest BCUT2D eigenvalue weighted by atomic mass is 10.1. The van der Waals surface area contributed by atoms with E-state index in [0.29, 0.717) is 5.75 Å². The Labute approximate surface area is 110 Å². The van der Waals surface area contributed by atoms with Crippen LogP contribution >= 0.6 is 0 Å². The van der Waals surface area contributed by atoms with Crippen LogP contribution in [0.1, 0.15) is 40.2 Å². The molecule has 0 heterocycles. The van der Waals surface area contributed by atoms with Crippen molar-refractivity contribution >= 4 is 0 Å². The standard InChI is InChI=1S/C15H24FNO/c1-11(2)18-14-7-6-12(10-13(14)16)8-9-17-15(3,4)5/h6-7,10-11,17H,8-9H2,1-5H3. The number of ether oxygens (including phenoxy) is 1. The van der Waals surface area contributed by atoms with Crippen LogP contribution in [0, 0.1) is 5.82 Å². The first-order valence-electron chi connectivity index (χ1n) is 6.48. The summed E-state index contributed by atoms with van der Waals surface area (Å²) in [7, 11) is 0. The van der Waals surface area contributed by atoms with E-state index in [1.54, 1.807) is 12.1 Å². The summed E-state index contributed by atoms with van der Waals surface area (Å²) in [5, 5.41) is 3.38. The Balaban J connectivity index is 2.56. The molecule has 2 nitrogen and oxygen atoms in total. The van der Waals surface area contributed by atoms with E-state index >= 15 is 0 Å². The van der Waals surface area contributed by atoms with Crippen molar-refractivity contribution in [3.05, 3.63) is 29.6 Å². The molecular weight excluding hydrogens is 229 g/mol. The molecule has 3 heteroatoms. The molecule has 1 aromatic carbocycles. The van der Waals surface area contributed by atoms with E-state index in [1.165, 1.54) is 0 Å². The summed E-state index contributed by atoms with van der Waals surface area (Å²) in [5.74, 6) is 0.0505. The highest BCUT2D eigenvalue weighted by Gasteiger charge is 2.09. The van der Waals surface area contributed by atoms with E-state index in [1.807, 2.05) is 19.9 Å². The average molecular weight is 253 g/mol. The van der Waals surface area contributed by atoms with Crippen LogP contribution in [0.5, 0.6) is 5.75 Å². The molecule has 0 aliphatic carbocycles. The van der Waals surface area contributed by atoms with E-state index in [0.717, 1.165) is 18.5 Å². The molecule has 1 rings (SSSR count). The van der Waals surface area contributed by atoms with Crippen LogP contribution in [-0.2, 0) is 6.42 Å². The minimum Gasteiger partial charge on any atom is -0.488 e. The van der Waals surface area contributed by atoms with E-state index in [9.17, 15) is 4.39 Å². The Kier molecular flexibility index (Phi) is 5.15. The van der Waals surface area contributed by atoms with E-state index in [2.05, 4.69) is 26.1 Å². The Bertz CT molecular complexity index is 383. The molecule has 0 saturated carbocycles. The highest BCUT2D eigenvalue weighted by molar-refractivity contribution is 5.29. The van der Waals surface area contributed by atoms with Crippen LogP contribution in [0.25, 0.3) is 0 Å². The van der Waals surface area contributed by atoms with Crippen LogP contribution in [-0.4, -0.2) is 18.2 Å². The summed E-state index contributed by atoms with van der Waals surface area (Å²) in [6.07, 6.45) is 0.809. The molecule has 18 heavy (non-hydrogen) atoms. The number of hydrogen-bond acceptors (Lipinski definition) is 2. The molecule has 0 aliphatic heterocycles. The Morgan fingerprint density at radius 3 is 2.44 bits per heavy atom. The molecule has 0 radical (unpaired) electrons. The van der Waals surface area contributed by atoms with Gasteiger partial charge >= 0.3 is 0 Å². The predicted molar refractivity (Wildman–Crippen MR) is 73.6 cm³/mol. The van der Waals surface area contributed by atoms with Gasteiger partial charge in [-0.1, -0.05) is 6.07 Å². The fraction of sp³-hybridized carbons (Fsp3) is 0.600. The topological polar surface area (TPSA) is 21.3 Å². The van der Waals surface area contributed by atoms with Crippen molar-refractivity contribution in [1.82, 2.24) is 5.32 Å². The molecule has 102 valence electrons. The maximum Gasteiger partial charge on any atom is 0.165 e. The SMILES string of the molecule is CC(C)Oc1ccc(CCNC(C)(C)C)cc1F. The second-order valence-corrected chi connectivity index (χ2v) is 5.86. The van der Waals surface area contributed by atoms with Gasteiger partial charge in [0.25, 0.3) is 0 Å². The van der Waals surface area contributed by atoms with Gasteiger partial charge in [0, 0.05) is 5.54 Å². The molecule has 1 aromatic rings. The van der Waals surface area contributed by atoms with Gasteiger partial charge in [-0.25, -0.2) is 4.39 Å². The van der Waals surface area contributed by atoms with Gasteiger partial charge in [-0.05, 0) is 65.3 Å². The maximum absolute atomic E-state index is 13.7. The Morgan fingerprint density at radius 1 is 1.28 bits per heavy atom. The second-order valence-electron chi connectivity index (χ2n) is 5.86. The van der Waals surface area contributed by atoms with Crippen molar-refractivity contribution in [2.45, 2.75) is 52.7 Å². The van der Waals surface area contributed by atoms with Crippen LogP contribution in [0.2, 0.25) is 0 Å². The van der Waals surface area contributed by atoms with Crippen LogP contribution in [0.15, 0.2) is 18.2 Å². The van der Waals surface area contributed by atoms with Crippen molar-refractivity contribution in [2.24, 2.45) is 0 Å². The van der Waals surface area contributed by atoms with Crippen molar-refractivity contribution < 1.29 is 9.13 Å². The van der Waals surface area contributed by atoms with E-state index in [-0.39, 0.29) is 17.5 Å². The number of hydrogen-bond donors (Lipinski definition) is 1. The summed E-state index contributed by atoms with van der Waals surface area (Å²) in [6.45, 7) is 11.0. The van der Waals surface area contributed by atoms with Gasteiger partial charge in [0.2, 0.25) is 0 Å². The number of halogens is 1. The third-order valence-electron chi connectivity index (χ3n) is 2.43. The lowest BCUT2D eigenvalue weighted by Gasteiger charge is -2.20. The fourth-order valence-electron chi connectivity index (χ4n) is 1.63. The molecule has 0 fully saturated rings. The summed E-state index contributed by atoms with van der Waals surface area (Å²) in [4.78, 5) is 0. The predicted octanol–water partition coefficient (Wildman–Crippen LogP) is 3.54. The fourth-order valence-corrected chi connectivity index (χ4v) is 1.63. The number of nitrogens with one attached hydrogen (secondary N) is 1. The summed E-state index contributed by atoms with van der Waals surface area (Å²) in [5.41, 5.74) is 1.08. The van der Waals surface area contributed by atoms with Crippen molar-refractivity contribution in [3.8, 4) is 5.75 Å². The molecule has 0 saturated heterocycles. The molecule has 0 spiro atoms. The molecular formula is C15H24FNO. The van der Waals surface area contributed by atoms with E-state index < -0.39 is 0 Å². The third kappa shape index (κ3) is 5.50. The van der Waals surface area contributed by atoms with Gasteiger partial charge in [-0.15, -0.1) is 0 Å². The van der Waals surface area contributed by atoms with Gasteiger partial charge < -0.3 is 10.1 Å². The zero-order valence-corrected chi connectivity index (χ0v) is 12.0. The van der Waals surface area contributed by atoms with Crippen molar-refractivity contribution in [2.75, 3.05) is 6.54 Å². The van der Waals surface area contributed by atoms with Gasteiger partial charge in [-0.2, -0.15) is 0 Å². The van der Waals surface area contributed by atoms with E-state index in [4.69, 9.17) is 4.74 Å². The molecule has 0 aromatic heterocycles. The first-order valence-corrected chi connectivity index (χ1v) is 6.48. The number of benzene rings is 1. The molecule has 0 aliphatic rings. The highest BCUT2D eigenvalue weighted by atomic mass is 19.1. The minimum absolute atomic E-state index is 0.00657. The highest BCUT2D eigenvalue weighted by Crippen LogP contribution is 2.19. The monoisotopic (exact) mass is 253 g/mol. The van der Waals surface area contributed by atoms with Crippen LogP contribution in [0.4, 0.5) is 4.39 Å². The van der Waals surface area contributed by atoms with Gasteiger partial charge in [0.1, 0.15) is 0 Å². The molecule has 0 bridgehead atoms. The molecule has 0 unspecified atom stereocenters. The molecule has 0 atom stereocenters. The normalized spacial score (nSPS) is 11.9. The lowest BCUT2D eigenvalue weighted by molar-refractivity contribution is 0.231. The Hall–Kier alpha value is -1.09. The second kappa shape index (κ2) is 6.19. The average Bonchev–Trinajstić information content (AvgIpc) is 2.19. The lowest BCUT2D eigenvalue weighted by Crippen LogP contribution is -2.37. The van der Waals surface area contributed by atoms with Gasteiger partial charge in [-0.3, -0.25) is 0 Å². The molecule has 0 amide bonds. The van der Waals surface area contributed by atoms with Gasteiger partial charge in [0.05, 0.1) is 6.10 Å². The summed E-state index contributed by atoms with van der Waals surface area (Å²) in [6, 6.07) is 5.19. The zero-order valence-electron chi connectivity index (χ0n) is 12.0. The Morgan fingerprint density at radius 2 is 1.94 bits per heavy atom. The first kappa shape index (κ1) is 15.0. The maximum atomic E-state index is 13.7. The van der Waals surface area contributed by atoms with Crippen LogP contribution in [0.3, 0.4) is 0 Å². The first-order chi connectivity index (χ1) is 8.28. The largest absolute Gasteiger partial charge is 0.488 e. The van der Waals surface area contributed by atoms with Crippen LogP contribution < -0.4 is 10.1 Å². The summed E-state index contributed by atoms with van der Waals surface area (Å²) < 4.78 is 19.1. The van der Waals surface area contributed by atoms with Crippen molar-refractivity contribution in [1.29, 1.82) is 0 Å². The summed E-state index contributed by atoms with van der Waals surface area (Å²) >= 11 is 0.